The molecule has 1 aromatic heterocycles. The van der Waals surface area contributed by atoms with Crippen molar-refractivity contribution in [3.8, 4) is 0 Å². The maximum atomic E-state index is 12.8. The Kier molecular flexibility index (Phi) is 8.35. The van der Waals surface area contributed by atoms with Gasteiger partial charge in [0.25, 0.3) is 18.2 Å². The number of aromatic nitrogens is 2. The molecule has 20 heteroatoms. The molecule has 0 aliphatic carbocycles. The van der Waals surface area contributed by atoms with Crippen LogP contribution in [0.15, 0.2) is 15.8 Å². The number of hydrogen-bond donors (Lipinski definition) is 5. The van der Waals surface area contributed by atoms with Crippen LogP contribution in [-0.4, -0.2) is 105 Å². The molecule has 1 aromatic rings. The van der Waals surface area contributed by atoms with Crippen LogP contribution in [0.25, 0.3) is 0 Å². The van der Waals surface area contributed by atoms with Gasteiger partial charge in [-0.2, -0.15) is 9.59 Å². The summed E-state index contributed by atoms with van der Waals surface area (Å²) in [6.45, 7) is -2.68. The summed E-state index contributed by atoms with van der Waals surface area (Å²) >= 11 is 0. The standard InChI is InChI=1S/C21H24N5O14P/c27-6-11-16-17(19(39-11)25-2-1-13(29)23-20(25)32)36-8-14(30)22-4-9-5-26(21(33)24-18(9)31)15-3-10(28)12(38-15)7-37-41(34,35)40-16/h1-2,5,10-12,15-17,19,27-28H,3-4,6-8H2,(H2-2,22,23,24,29,30,31,32,33,34,35)/p+1/t10-,11+,12+,15+,16+,17+,19+/m0/s1. The van der Waals surface area contributed by atoms with E-state index in [9.17, 15) is 44.0 Å². The van der Waals surface area contributed by atoms with Crippen LogP contribution in [0, 0.1) is 6.42 Å². The average Bonchev–Trinajstić information content (AvgIpc) is 3.44. The van der Waals surface area contributed by atoms with Crippen molar-refractivity contribution in [2.75, 3.05) is 19.8 Å². The number of hydrogen-bond acceptors (Lipinski definition) is 14. The molecule has 0 radical (unpaired) electrons. The molecule has 2 saturated heterocycles. The fourth-order valence-corrected chi connectivity index (χ4v) is 5.62. The minimum absolute atomic E-state index is 0.0486. The predicted octanol–water partition coefficient (Wildman–Crippen LogP) is -5.75. The number of nitrogens with one attached hydrogen (secondary N) is 3. The quantitative estimate of drug-likeness (QED) is 0.120. The molecule has 41 heavy (non-hydrogen) atoms. The summed E-state index contributed by atoms with van der Waals surface area (Å²) in [4.78, 5) is 89.1. The number of aliphatic hydroxyl groups is 2. The largest absolute Gasteiger partial charge is 0.635 e. The van der Waals surface area contributed by atoms with Crippen LogP contribution in [0.2, 0.25) is 0 Å². The summed E-state index contributed by atoms with van der Waals surface area (Å²) in [6.07, 6.45) is -6.72. The number of H-pyrrole nitrogens is 1. The first-order chi connectivity index (χ1) is 19.5. The number of phosphoric ester groups is 1. The lowest BCUT2D eigenvalue weighted by Gasteiger charge is -2.36. The van der Waals surface area contributed by atoms with Gasteiger partial charge in [-0.25, -0.2) is 13.8 Å². The second-order valence-corrected chi connectivity index (χ2v) is 10.7. The van der Waals surface area contributed by atoms with Crippen LogP contribution in [0.4, 0.5) is 4.79 Å². The Balaban J connectivity index is 1.46. The summed E-state index contributed by atoms with van der Waals surface area (Å²) in [5.74, 6) is -1.54. The molecule has 2 fully saturated rings. The van der Waals surface area contributed by atoms with Gasteiger partial charge in [0.05, 0.1) is 18.3 Å². The number of carbonyl (C=O) groups excluding carboxylic acids is 3. The minimum atomic E-state index is -5.27. The number of ether oxygens (including phenoxy) is 3. The van der Waals surface area contributed by atoms with Crippen LogP contribution in [0.5, 0.6) is 0 Å². The van der Waals surface area contributed by atoms with Crippen molar-refractivity contribution in [2.45, 2.75) is 55.9 Å². The zero-order valence-electron chi connectivity index (χ0n) is 20.9. The van der Waals surface area contributed by atoms with Crippen molar-refractivity contribution in [3.05, 3.63) is 39.0 Å². The lowest BCUT2D eigenvalue weighted by Crippen LogP contribution is -2.52. The van der Waals surface area contributed by atoms with E-state index in [1.807, 2.05) is 5.32 Å². The first-order valence-corrected chi connectivity index (χ1v) is 13.7. The second-order valence-electron chi connectivity index (χ2n) is 9.38. The number of imide groups is 1. The molecular weight excluding hydrogens is 577 g/mol. The third-order valence-corrected chi connectivity index (χ3v) is 7.64. The zero-order valence-corrected chi connectivity index (χ0v) is 21.8. The van der Waals surface area contributed by atoms with E-state index >= 15 is 0 Å². The molecule has 4 aliphatic heterocycles. The van der Waals surface area contributed by atoms with Gasteiger partial charge in [-0.15, -0.1) is 9.89 Å². The summed E-state index contributed by atoms with van der Waals surface area (Å²) in [5.41, 5.74) is -1.71. The van der Waals surface area contributed by atoms with Gasteiger partial charge in [-0.05, 0) is 0 Å². The van der Waals surface area contributed by atoms with E-state index in [-0.39, 0.29) is 18.5 Å². The zero-order chi connectivity index (χ0) is 29.5. The molecule has 5 rings (SSSR count). The van der Waals surface area contributed by atoms with E-state index in [1.54, 1.807) is 0 Å². The third kappa shape index (κ3) is 6.24. The number of urea groups is 1. The van der Waals surface area contributed by atoms with E-state index < -0.39 is 100 Å². The Morgan fingerprint density at radius 3 is 2.68 bits per heavy atom. The molecule has 0 unspecified atom stereocenters. The van der Waals surface area contributed by atoms with Crippen LogP contribution < -0.4 is 31.7 Å². The maximum absolute atomic E-state index is 12.8. The Morgan fingerprint density at radius 2 is 1.95 bits per heavy atom. The smallest absolute Gasteiger partial charge is 0.507 e. The van der Waals surface area contributed by atoms with E-state index in [4.69, 9.17) is 23.3 Å². The van der Waals surface area contributed by atoms with Crippen molar-refractivity contribution in [1.29, 1.82) is 0 Å². The Bertz CT molecular complexity index is 1360. The lowest BCUT2D eigenvalue weighted by molar-refractivity contribution is -0.535. The lowest BCUT2D eigenvalue weighted by atomic mass is 10.1. The number of amides is 4. The maximum Gasteiger partial charge on any atom is 0.507 e. The fraction of sp³-hybridized carbons (Fsp3) is 0.571. The van der Waals surface area contributed by atoms with Crippen molar-refractivity contribution >= 4 is 32.2 Å². The molecule has 0 saturated carbocycles. The van der Waals surface area contributed by atoms with E-state index in [0.29, 0.717) is 0 Å². The van der Waals surface area contributed by atoms with Crippen molar-refractivity contribution < 1.29 is 62.2 Å². The highest BCUT2D eigenvalue weighted by atomic mass is 31.2. The fourth-order valence-electron chi connectivity index (χ4n) is 4.68. The molecule has 4 aliphatic rings. The topological polar surface area (TPSA) is 266 Å². The van der Waals surface area contributed by atoms with Gasteiger partial charge >= 0.3 is 17.6 Å². The average molecular weight is 602 g/mol. The van der Waals surface area contributed by atoms with Gasteiger partial charge in [-0.1, -0.05) is 0 Å². The molecule has 4 bridgehead atoms. The molecule has 222 valence electrons. The number of fused-ring (bicyclic) bond motifs is 6. The monoisotopic (exact) mass is 602 g/mol. The molecular formula is C21H25N5O14P+. The van der Waals surface area contributed by atoms with Crippen LogP contribution in [0.1, 0.15) is 18.2 Å². The third-order valence-electron chi connectivity index (χ3n) is 6.68. The first kappa shape index (κ1) is 29.4. The summed E-state index contributed by atoms with van der Waals surface area (Å²) in [6, 6.07) is -0.964. The van der Waals surface area contributed by atoms with Crippen molar-refractivity contribution in [2.24, 2.45) is 0 Å². The van der Waals surface area contributed by atoms with Crippen LogP contribution >= 0.6 is 8.17 Å². The van der Waals surface area contributed by atoms with Gasteiger partial charge < -0.3 is 39.5 Å². The Morgan fingerprint density at radius 1 is 1.17 bits per heavy atom. The molecule has 5 N–H and O–H groups in total. The van der Waals surface area contributed by atoms with Gasteiger partial charge in [0, 0.05) is 19.2 Å². The SMILES string of the molecule is O=C1[CH+]C=[N+]([C@@H]2O[C@H](CO)[C@H]3O[P+]([O-])([O-])OC[C@H]4O[C@H](C[C@@H]4O)n4cc(c(=O)[nH]c4=O)CNC(=O)CO[C@H]32)C(=O)N1. The highest BCUT2D eigenvalue weighted by Gasteiger charge is 2.56. The van der Waals surface area contributed by atoms with E-state index in [1.165, 1.54) is 0 Å². The number of aromatic amines is 1. The molecule has 7 atom stereocenters. The van der Waals surface area contributed by atoms with Crippen molar-refractivity contribution in [1.82, 2.24) is 20.2 Å². The summed E-state index contributed by atoms with van der Waals surface area (Å²) in [5, 5.41) is 24.7. The Labute approximate surface area is 229 Å². The van der Waals surface area contributed by atoms with E-state index in [0.717, 1.165) is 28.0 Å². The van der Waals surface area contributed by atoms with Crippen LogP contribution in [0.3, 0.4) is 0 Å². The molecule has 19 nitrogen and oxygen atoms in total. The predicted molar refractivity (Wildman–Crippen MR) is 125 cm³/mol. The van der Waals surface area contributed by atoms with Gasteiger partial charge in [0.1, 0.15) is 31.6 Å². The summed E-state index contributed by atoms with van der Waals surface area (Å²) < 4.78 is 28.8. The molecule has 0 spiro atoms. The second kappa shape index (κ2) is 11.6. The number of rotatable bonds is 2. The number of aliphatic hydroxyl groups excluding tert-OH is 2. The highest BCUT2D eigenvalue weighted by molar-refractivity contribution is 7.51. The molecule has 5 heterocycles. The highest BCUT2D eigenvalue weighted by Crippen LogP contribution is 2.48. The minimum Gasteiger partial charge on any atom is -0.635 e. The molecule has 0 aromatic carbocycles. The normalized spacial score (nSPS) is 34.1. The summed E-state index contributed by atoms with van der Waals surface area (Å²) in [7, 11) is -5.27. The van der Waals surface area contributed by atoms with Gasteiger partial charge in [-0.3, -0.25) is 19.1 Å². The van der Waals surface area contributed by atoms with E-state index in [2.05, 4.69) is 10.3 Å². The number of phosphoric acid groups is 1. The Hall–Kier alpha value is -3.10. The van der Waals surface area contributed by atoms with Gasteiger partial charge in [0.2, 0.25) is 12.1 Å². The first-order valence-electron chi connectivity index (χ1n) is 12.2. The molecule has 4 amide bonds. The van der Waals surface area contributed by atoms with Crippen LogP contribution in [-0.2, 0) is 39.4 Å². The van der Waals surface area contributed by atoms with Crippen molar-refractivity contribution in [3.63, 3.8) is 0 Å². The number of nitrogens with zero attached hydrogens (tertiary/aromatic N) is 2. The van der Waals surface area contributed by atoms with Gasteiger partial charge in [0.15, 0.2) is 20.4 Å². The number of carbonyl (C=O) groups is 3.